The number of rotatable bonds is 8. The lowest BCUT2D eigenvalue weighted by molar-refractivity contribution is 0.115. The number of ether oxygens (including phenoxy) is 1. The first kappa shape index (κ1) is 21.9. The van der Waals surface area contributed by atoms with Crippen molar-refractivity contribution in [1.82, 2.24) is 15.5 Å². The van der Waals surface area contributed by atoms with Gasteiger partial charge in [-0.15, -0.1) is 24.0 Å². The maximum atomic E-state index is 5.33. The van der Waals surface area contributed by atoms with E-state index in [1.165, 1.54) is 25.8 Å². The fraction of sp³-hybridized carbons (Fsp3) is 0.938. The van der Waals surface area contributed by atoms with E-state index in [2.05, 4.69) is 34.4 Å². The number of piperidine rings is 1. The summed E-state index contributed by atoms with van der Waals surface area (Å²) in [7, 11) is 1.83. The number of likely N-dealkylation sites (tertiary alicyclic amines) is 1. The minimum atomic E-state index is 0. The topological polar surface area (TPSA) is 48.9 Å². The van der Waals surface area contributed by atoms with E-state index < -0.39 is 0 Å². The van der Waals surface area contributed by atoms with Gasteiger partial charge < -0.3 is 15.4 Å². The number of halogens is 1. The SMILES string of the molecule is CCOCCCNC(=NC)NCC(C)N1CCCCC1C.I. The first-order valence-electron chi connectivity index (χ1n) is 8.47. The number of guanidine groups is 1. The third-order valence-corrected chi connectivity index (χ3v) is 4.17. The molecule has 5 nitrogen and oxygen atoms in total. The standard InChI is InChI=1S/C16H34N4O.HI/c1-5-21-12-8-10-18-16(17-4)19-13-15(3)20-11-7-6-9-14(20)2;/h14-15H,5-13H2,1-4H3,(H2,17,18,19);1H. The molecule has 1 heterocycles. The summed E-state index contributed by atoms with van der Waals surface area (Å²) in [6, 6.07) is 1.25. The van der Waals surface area contributed by atoms with Gasteiger partial charge >= 0.3 is 0 Å². The van der Waals surface area contributed by atoms with Crippen molar-refractivity contribution in [2.24, 2.45) is 4.99 Å². The Morgan fingerprint density at radius 2 is 2.14 bits per heavy atom. The number of nitrogens with zero attached hydrogens (tertiary/aromatic N) is 2. The van der Waals surface area contributed by atoms with Crippen LogP contribution in [-0.4, -0.2) is 62.8 Å². The molecule has 0 aromatic rings. The minimum absolute atomic E-state index is 0. The molecule has 1 saturated heterocycles. The smallest absolute Gasteiger partial charge is 0.191 e. The number of hydrogen-bond donors (Lipinski definition) is 2. The van der Waals surface area contributed by atoms with Crippen molar-refractivity contribution in [3.63, 3.8) is 0 Å². The normalized spacial score (nSPS) is 21.1. The molecule has 1 aliphatic rings. The molecule has 1 aliphatic heterocycles. The van der Waals surface area contributed by atoms with E-state index in [-0.39, 0.29) is 24.0 Å². The van der Waals surface area contributed by atoms with Crippen LogP contribution in [-0.2, 0) is 4.74 Å². The fourth-order valence-corrected chi connectivity index (χ4v) is 2.88. The molecule has 0 bridgehead atoms. The van der Waals surface area contributed by atoms with Crippen LogP contribution in [0.5, 0.6) is 0 Å². The molecule has 0 aromatic carbocycles. The van der Waals surface area contributed by atoms with Crippen molar-refractivity contribution < 1.29 is 4.74 Å². The van der Waals surface area contributed by atoms with Crippen molar-refractivity contribution in [2.45, 2.75) is 58.5 Å². The second-order valence-electron chi connectivity index (χ2n) is 5.86. The molecule has 1 rings (SSSR count). The first-order valence-corrected chi connectivity index (χ1v) is 8.47. The molecule has 6 heteroatoms. The van der Waals surface area contributed by atoms with Crippen LogP contribution in [0.4, 0.5) is 0 Å². The molecule has 0 radical (unpaired) electrons. The van der Waals surface area contributed by atoms with Crippen LogP contribution in [0.25, 0.3) is 0 Å². The molecule has 0 spiro atoms. The minimum Gasteiger partial charge on any atom is -0.382 e. The van der Waals surface area contributed by atoms with Gasteiger partial charge in [-0.3, -0.25) is 9.89 Å². The van der Waals surface area contributed by atoms with E-state index >= 15 is 0 Å². The quantitative estimate of drug-likeness (QED) is 0.271. The largest absolute Gasteiger partial charge is 0.382 e. The fourth-order valence-electron chi connectivity index (χ4n) is 2.88. The molecule has 2 unspecified atom stereocenters. The zero-order valence-electron chi connectivity index (χ0n) is 14.7. The number of hydrogen-bond acceptors (Lipinski definition) is 3. The van der Waals surface area contributed by atoms with Gasteiger partial charge in [0.15, 0.2) is 5.96 Å². The number of aliphatic imine (C=N–C) groups is 1. The van der Waals surface area contributed by atoms with Gasteiger partial charge in [-0.05, 0) is 46.6 Å². The third kappa shape index (κ3) is 8.53. The van der Waals surface area contributed by atoms with Crippen LogP contribution in [0.3, 0.4) is 0 Å². The summed E-state index contributed by atoms with van der Waals surface area (Å²) in [6.07, 6.45) is 5.04. The molecule has 2 N–H and O–H groups in total. The summed E-state index contributed by atoms with van der Waals surface area (Å²) in [5.74, 6) is 0.892. The molecule has 132 valence electrons. The molecule has 0 aromatic heterocycles. The maximum Gasteiger partial charge on any atom is 0.191 e. The Bertz CT molecular complexity index is 302. The Hall–Kier alpha value is -0.0800. The molecule has 2 atom stereocenters. The summed E-state index contributed by atoms with van der Waals surface area (Å²) in [5.41, 5.74) is 0. The van der Waals surface area contributed by atoms with Crippen LogP contribution >= 0.6 is 24.0 Å². The lowest BCUT2D eigenvalue weighted by Crippen LogP contribution is -2.50. The average molecular weight is 426 g/mol. The molecular weight excluding hydrogens is 391 g/mol. The lowest BCUT2D eigenvalue weighted by Gasteiger charge is -2.38. The maximum absolute atomic E-state index is 5.33. The van der Waals surface area contributed by atoms with Crippen molar-refractivity contribution in [3.05, 3.63) is 0 Å². The van der Waals surface area contributed by atoms with Gasteiger partial charge in [-0.1, -0.05) is 6.42 Å². The number of nitrogens with one attached hydrogen (secondary N) is 2. The van der Waals surface area contributed by atoms with Crippen LogP contribution in [0.1, 0.15) is 46.5 Å². The van der Waals surface area contributed by atoms with E-state index in [9.17, 15) is 0 Å². The van der Waals surface area contributed by atoms with Crippen LogP contribution in [0.15, 0.2) is 4.99 Å². The second-order valence-corrected chi connectivity index (χ2v) is 5.86. The summed E-state index contributed by atoms with van der Waals surface area (Å²) in [4.78, 5) is 6.89. The van der Waals surface area contributed by atoms with Gasteiger partial charge in [0.1, 0.15) is 0 Å². The summed E-state index contributed by atoms with van der Waals surface area (Å²) in [6.45, 7) is 11.3. The predicted octanol–water partition coefficient (Wildman–Crippen LogP) is 2.46. The summed E-state index contributed by atoms with van der Waals surface area (Å²) >= 11 is 0. The van der Waals surface area contributed by atoms with Crippen LogP contribution < -0.4 is 10.6 Å². The zero-order chi connectivity index (χ0) is 15.5. The average Bonchev–Trinajstić information content (AvgIpc) is 2.50. The highest BCUT2D eigenvalue weighted by Gasteiger charge is 2.22. The van der Waals surface area contributed by atoms with E-state index in [4.69, 9.17) is 4.74 Å². The summed E-state index contributed by atoms with van der Waals surface area (Å²) in [5, 5.41) is 6.77. The Balaban J connectivity index is 0.00000441. The molecular formula is C16H35IN4O. The lowest BCUT2D eigenvalue weighted by atomic mass is 10.0. The Labute approximate surface area is 153 Å². The Kier molecular flexibility index (Phi) is 13.3. The Morgan fingerprint density at radius 3 is 2.77 bits per heavy atom. The van der Waals surface area contributed by atoms with Gasteiger partial charge in [0.05, 0.1) is 0 Å². The van der Waals surface area contributed by atoms with E-state index in [0.717, 1.165) is 38.7 Å². The van der Waals surface area contributed by atoms with E-state index in [0.29, 0.717) is 12.1 Å². The summed E-state index contributed by atoms with van der Waals surface area (Å²) < 4.78 is 5.33. The van der Waals surface area contributed by atoms with E-state index in [1.54, 1.807) is 0 Å². The van der Waals surface area contributed by atoms with Gasteiger partial charge in [-0.2, -0.15) is 0 Å². The van der Waals surface area contributed by atoms with Crippen molar-refractivity contribution >= 4 is 29.9 Å². The molecule has 1 fully saturated rings. The van der Waals surface area contributed by atoms with Crippen molar-refractivity contribution in [1.29, 1.82) is 0 Å². The van der Waals surface area contributed by atoms with Crippen LogP contribution in [0.2, 0.25) is 0 Å². The highest BCUT2D eigenvalue weighted by atomic mass is 127. The van der Waals surface area contributed by atoms with Crippen molar-refractivity contribution in [2.75, 3.05) is 39.9 Å². The monoisotopic (exact) mass is 426 g/mol. The predicted molar refractivity (Wildman–Crippen MR) is 105 cm³/mol. The van der Waals surface area contributed by atoms with E-state index in [1.807, 2.05) is 14.0 Å². The van der Waals surface area contributed by atoms with Gasteiger partial charge in [-0.25, -0.2) is 0 Å². The van der Waals surface area contributed by atoms with Gasteiger partial charge in [0.25, 0.3) is 0 Å². The highest BCUT2D eigenvalue weighted by molar-refractivity contribution is 14.0. The van der Waals surface area contributed by atoms with Gasteiger partial charge in [0.2, 0.25) is 0 Å². The first-order chi connectivity index (χ1) is 10.2. The molecule has 0 saturated carbocycles. The second kappa shape index (κ2) is 13.4. The molecule has 0 amide bonds. The van der Waals surface area contributed by atoms with Crippen LogP contribution in [0, 0.1) is 0 Å². The molecule has 22 heavy (non-hydrogen) atoms. The Morgan fingerprint density at radius 1 is 1.36 bits per heavy atom. The van der Waals surface area contributed by atoms with Crippen molar-refractivity contribution in [3.8, 4) is 0 Å². The zero-order valence-corrected chi connectivity index (χ0v) is 17.1. The highest BCUT2D eigenvalue weighted by Crippen LogP contribution is 2.18. The molecule has 0 aliphatic carbocycles. The third-order valence-electron chi connectivity index (χ3n) is 4.17. The van der Waals surface area contributed by atoms with Gasteiger partial charge in [0, 0.05) is 45.4 Å².